The highest BCUT2D eigenvalue weighted by molar-refractivity contribution is 5.97. The lowest BCUT2D eigenvalue weighted by molar-refractivity contribution is -0.137. The summed E-state index contributed by atoms with van der Waals surface area (Å²) in [6.07, 6.45) is -4.49. The van der Waals surface area contributed by atoms with E-state index in [9.17, 15) is 22.8 Å². The Labute approximate surface area is 254 Å². The third-order valence-electron chi connectivity index (χ3n) is 7.49. The molecule has 2 atom stereocenters. The van der Waals surface area contributed by atoms with Crippen LogP contribution in [-0.2, 0) is 28.7 Å². The number of alkyl halides is 3. The monoisotopic (exact) mass is 599 g/mol. The van der Waals surface area contributed by atoms with Gasteiger partial charge < -0.3 is 9.47 Å². The summed E-state index contributed by atoms with van der Waals surface area (Å²) in [7, 11) is 0. The Kier molecular flexibility index (Phi) is 9.18. The molecule has 226 valence electrons. The van der Waals surface area contributed by atoms with Gasteiger partial charge in [-0.1, -0.05) is 84.4 Å². The fraction of sp³-hybridized carbons (Fsp3) is 0.222. The molecule has 1 saturated heterocycles. The Morgan fingerprint density at radius 1 is 0.932 bits per heavy atom. The summed E-state index contributed by atoms with van der Waals surface area (Å²) in [5.74, 6) is -0.814. The van der Waals surface area contributed by atoms with Gasteiger partial charge in [-0.3, -0.25) is 4.79 Å². The highest BCUT2D eigenvalue weighted by Crippen LogP contribution is 2.36. The van der Waals surface area contributed by atoms with Gasteiger partial charge in [0.15, 0.2) is 0 Å². The van der Waals surface area contributed by atoms with E-state index >= 15 is 0 Å². The number of hydrogen-bond donors (Lipinski definition) is 0. The number of cyclic esters (lactones) is 1. The van der Waals surface area contributed by atoms with E-state index in [4.69, 9.17) is 9.47 Å². The van der Waals surface area contributed by atoms with Gasteiger partial charge in [0.1, 0.15) is 19.0 Å². The number of carbonyl (C=O) groups excluding carboxylic acids is 2. The summed E-state index contributed by atoms with van der Waals surface area (Å²) >= 11 is 0. The maximum absolute atomic E-state index is 14.2. The SMILES string of the molecule is C=C(C)C[C@@H](C(=O)N1C(=O)OC[C@H]1Cc1ccccc1)c1cc(OCc2ccccc2)cc(-c2ccc(C(F)(F)F)cc2)c1. The van der Waals surface area contributed by atoms with Gasteiger partial charge in [-0.15, -0.1) is 6.58 Å². The van der Waals surface area contributed by atoms with Crippen LogP contribution in [0.15, 0.2) is 115 Å². The van der Waals surface area contributed by atoms with Crippen molar-refractivity contribution in [3.8, 4) is 16.9 Å². The maximum atomic E-state index is 14.2. The minimum Gasteiger partial charge on any atom is -0.489 e. The number of nitrogens with zero attached hydrogens (tertiary/aromatic N) is 1. The van der Waals surface area contributed by atoms with Crippen LogP contribution in [0.3, 0.4) is 0 Å². The molecular formula is C36H32F3NO4. The fourth-order valence-electron chi connectivity index (χ4n) is 5.30. The number of rotatable bonds is 10. The molecule has 1 fully saturated rings. The van der Waals surface area contributed by atoms with Crippen molar-refractivity contribution in [2.75, 3.05) is 6.61 Å². The minimum absolute atomic E-state index is 0.0797. The number of allylic oxidation sites excluding steroid dienone is 1. The van der Waals surface area contributed by atoms with Gasteiger partial charge in [0.25, 0.3) is 0 Å². The van der Waals surface area contributed by atoms with Crippen LogP contribution >= 0.6 is 0 Å². The molecule has 8 heteroatoms. The zero-order chi connectivity index (χ0) is 31.3. The lowest BCUT2D eigenvalue weighted by Gasteiger charge is -2.26. The first-order chi connectivity index (χ1) is 21.1. The van der Waals surface area contributed by atoms with Gasteiger partial charge in [0, 0.05) is 0 Å². The molecule has 1 aliphatic heterocycles. The Balaban J connectivity index is 1.52. The van der Waals surface area contributed by atoms with Crippen LogP contribution in [-0.4, -0.2) is 29.5 Å². The number of amides is 2. The largest absolute Gasteiger partial charge is 0.489 e. The quantitative estimate of drug-likeness (QED) is 0.171. The van der Waals surface area contributed by atoms with E-state index in [2.05, 4.69) is 6.58 Å². The van der Waals surface area contributed by atoms with Crippen molar-refractivity contribution in [1.82, 2.24) is 4.90 Å². The smallest absolute Gasteiger partial charge is 0.417 e. The molecule has 5 nitrogen and oxygen atoms in total. The topological polar surface area (TPSA) is 55.8 Å². The van der Waals surface area contributed by atoms with Crippen LogP contribution in [0.25, 0.3) is 11.1 Å². The molecule has 1 heterocycles. The van der Waals surface area contributed by atoms with Crippen molar-refractivity contribution in [3.05, 3.63) is 138 Å². The molecule has 1 aliphatic rings. The first-order valence-corrected chi connectivity index (χ1v) is 14.3. The van der Waals surface area contributed by atoms with Crippen LogP contribution in [0.2, 0.25) is 0 Å². The first-order valence-electron chi connectivity index (χ1n) is 14.3. The Hall–Kier alpha value is -4.85. The molecule has 0 unspecified atom stereocenters. The number of ether oxygens (including phenoxy) is 2. The molecule has 0 saturated carbocycles. The first kappa shape index (κ1) is 30.6. The Morgan fingerprint density at radius 3 is 2.18 bits per heavy atom. The summed E-state index contributed by atoms with van der Waals surface area (Å²) in [6, 6.07) is 28.7. The van der Waals surface area contributed by atoms with Crippen LogP contribution < -0.4 is 4.74 Å². The van der Waals surface area contributed by atoms with E-state index in [0.29, 0.717) is 28.9 Å². The minimum atomic E-state index is -4.47. The molecule has 0 aromatic heterocycles. The molecule has 2 amide bonds. The molecule has 0 bridgehead atoms. The van der Waals surface area contributed by atoms with Gasteiger partial charge in [0.2, 0.25) is 5.91 Å². The molecule has 4 aromatic rings. The Morgan fingerprint density at radius 2 is 1.57 bits per heavy atom. The summed E-state index contributed by atoms with van der Waals surface area (Å²) in [5, 5.41) is 0. The van der Waals surface area contributed by atoms with E-state index < -0.39 is 35.7 Å². The van der Waals surface area contributed by atoms with Crippen LogP contribution in [0.1, 0.15) is 41.5 Å². The summed E-state index contributed by atoms with van der Waals surface area (Å²) in [4.78, 5) is 28.3. The number of carbonyl (C=O) groups is 2. The van der Waals surface area contributed by atoms with Crippen LogP contribution in [0.4, 0.5) is 18.0 Å². The second kappa shape index (κ2) is 13.2. The predicted octanol–water partition coefficient (Wildman–Crippen LogP) is 8.59. The van der Waals surface area contributed by atoms with Crippen molar-refractivity contribution >= 4 is 12.0 Å². The molecule has 44 heavy (non-hydrogen) atoms. The second-order valence-electron chi connectivity index (χ2n) is 11.0. The molecule has 0 spiro atoms. The zero-order valence-electron chi connectivity index (χ0n) is 24.2. The maximum Gasteiger partial charge on any atom is 0.417 e. The lowest BCUT2D eigenvalue weighted by atomic mass is 9.88. The third kappa shape index (κ3) is 7.37. The number of hydrogen-bond acceptors (Lipinski definition) is 4. The van der Waals surface area contributed by atoms with Gasteiger partial charge in [-0.05, 0) is 71.8 Å². The van der Waals surface area contributed by atoms with Crippen molar-refractivity contribution in [1.29, 1.82) is 0 Å². The van der Waals surface area contributed by atoms with E-state index in [1.807, 2.05) is 60.7 Å². The van der Waals surface area contributed by atoms with Crippen molar-refractivity contribution in [2.45, 2.75) is 44.5 Å². The van der Waals surface area contributed by atoms with Gasteiger partial charge in [-0.25, -0.2) is 9.69 Å². The highest BCUT2D eigenvalue weighted by Gasteiger charge is 2.41. The molecule has 0 N–H and O–H groups in total. The average Bonchev–Trinajstić information content (AvgIpc) is 3.38. The molecule has 5 rings (SSSR count). The standard InChI is InChI=1S/C36H32F3NO4/c1-24(2)17-33(34(41)40-31(23-44-35(40)42)18-25-9-5-3-6-10-25)29-19-28(27-13-15-30(16-14-27)36(37,38)39)20-32(21-29)43-22-26-11-7-4-8-12-26/h3-16,19-21,31,33H,1,17-18,22-23H2,2H3/t31-,33-/m1/s1. The van der Waals surface area contributed by atoms with E-state index in [-0.39, 0.29) is 19.6 Å². The highest BCUT2D eigenvalue weighted by atomic mass is 19.4. The molecule has 0 aliphatic carbocycles. The normalized spacial score (nSPS) is 15.5. The summed E-state index contributed by atoms with van der Waals surface area (Å²) in [6.45, 7) is 6.15. The van der Waals surface area contributed by atoms with E-state index in [1.165, 1.54) is 17.0 Å². The van der Waals surface area contributed by atoms with Gasteiger partial charge >= 0.3 is 12.3 Å². The van der Waals surface area contributed by atoms with E-state index in [0.717, 1.165) is 28.8 Å². The van der Waals surface area contributed by atoms with E-state index in [1.54, 1.807) is 25.1 Å². The Bertz CT molecular complexity index is 1620. The summed E-state index contributed by atoms with van der Waals surface area (Å²) in [5.41, 5.74) is 3.50. The number of halogens is 3. The third-order valence-corrected chi connectivity index (χ3v) is 7.49. The number of benzene rings is 4. The zero-order valence-corrected chi connectivity index (χ0v) is 24.2. The van der Waals surface area contributed by atoms with Crippen LogP contribution in [0, 0.1) is 0 Å². The van der Waals surface area contributed by atoms with Crippen molar-refractivity contribution < 1.29 is 32.2 Å². The summed E-state index contributed by atoms with van der Waals surface area (Å²) < 4.78 is 51.3. The van der Waals surface area contributed by atoms with Gasteiger partial charge in [0.05, 0.1) is 17.5 Å². The van der Waals surface area contributed by atoms with Crippen molar-refractivity contribution in [2.24, 2.45) is 0 Å². The molecular weight excluding hydrogens is 567 g/mol. The van der Waals surface area contributed by atoms with Gasteiger partial charge in [-0.2, -0.15) is 13.2 Å². The lowest BCUT2D eigenvalue weighted by Crippen LogP contribution is -2.43. The molecule has 4 aromatic carbocycles. The van der Waals surface area contributed by atoms with Crippen LogP contribution in [0.5, 0.6) is 5.75 Å². The van der Waals surface area contributed by atoms with Crippen molar-refractivity contribution in [3.63, 3.8) is 0 Å². The predicted molar refractivity (Wildman–Crippen MR) is 162 cm³/mol. The second-order valence-corrected chi connectivity index (χ2v) is 11.0. The number of imide groups is 1. The average molecular weight is 600 g/mol. The fourth-order valence-corrected chi connectivity index (χ4v) is 5.30. The molecule has 0 radical (unpaired) electrons.